The highest BCUT2D eigenvalue weighted by molar-refractivity contribution is 7.91. The van der Waals surface area contributed by atoms with Gasteiger partial charge in [0.1, 0.15) is 17.2 Å². The molecule has 0 heterocycles. The molecule has 0 unspecified atom stereocenters. The van der Waals surface area contributed by atoms with E-state index in [1.54, 1.807) is 55.6 Å². The van der Waals surface area contributed by atoms with Crippen LogP contribution in [0.5, 0.6) is 17.2 Å². The van der Waals surface area contributed by atoms with Gasteiger partial charge in [0.05, 0.1) is 16.9 Å². The van der Waals surface area contributed by atoms with E-state index in [1.807, 2.05) is 31.2 Å². The quantitative estimate of drug-likeness (QED) is 0.297. The van der Waals surface area contributed by atoms with Crippen LogP contribution in [0.2, 0.25) is 0 Å². The Labute approximate surface area is 201 Å². The minimum absolute atomic E-state index is 0.237. The largest absolute Gasteiger partial charge is 0.497 e. The van der Waals surface area contributed by atoms with Crippen molar-refractivity contribution in [3.05, 3.63) is 101 Å². The molecule has 174 valence electrons. The maximum absolute atomic E-state index is 12.9. The Hall–Kier alpha value is -3.57. The van der Waals surface area contributed by atoms with Crippen molar-refractivity contribution >= 4 is 9.84 Å². The Morgan fingerprint density at radius 1 is 0.588 bits per heavy atom. The number of rotatable bonds is 6. The van der Waals surface area contributed by atoms with Crippen molar-refractivity contribution in [1.29, 1.82) is 0 Å². The lowest BCUT2D eigenvalue weighted by Gasteiger charge is -2.16. The number of benzene rings is 4. The minimum atomic E-state index is -3.57. The molecule has 0 N–H and O–H groups in total. The third-order valence-corrected chi connectivity index (χ3v) is 7.70. The molecule has 0 radical (unpaired) electrons. The fourth-order valence-corrected chi connectivity index (χ4v) is 5.38. The van der Waals surface area contributed by atoms with Crippen molar-refractivity contribution in [3.63, 3.8) is 0 Å². The molecule has 0 aliphatic carbocycles. The van der Waals surface area contributed by atoms with Gasteiger partial charge in [0.2, 0.25) is 9.84 Å². The van der Waals surface area contributed by atoms with E-state index < -0.39 is 9.84 Å². The molecule has 0 fully saturated rings. The number of hydrogen-bond acceptors (Lipinski definition) is 4. The lowest BCUT2D eigenvalue weighted by atomic mass is 9.92. The number of hydrogen-bond donors (Lipinski definition) is 0. The fraction of sp³-hybridized carbons (Fsp3) is 0.172. The summed E-state index contributed by atoms with van der Waals surface area (Å²) in [6.07, 6.45) is 0. The van der Waals surface area contributed by atoms with Gasteiger partial charge in [-0.2, -0.15) is 0 Å². The van der Waals surface area contributed by atoms with E-state index >= 15 is 0 Å². The Kier molecular flexibility index (Phi) is 6.49. The van der Waals surface area contributed by atoms with Gasteiger partial charge in [-0.05, 0) is 116 Å². The summed E-state index contributed by atoms with van der Waals surface area (Å²) in [5, 5.41) is 0. The van der Waals surface area contributed by atoms with Crippen LogP contribution < -0.4 is 9.47 Å². The minimum Gasteiger partial charge on any atom is -0.497 e. The lowest BCUT2D eigenvalue weighted by Crippen LogP contribution is -2.01. The van der Waals surface area contributed by atoms with Crippen LogP contribution in [0.1, 0.15) is 22.3 Å². The maximum Gasteiger partial charge on any atom is 0.206 e. The standard InChI is InChI=1S/C29H28O4S/c1-19-6-11-26(12-7-19)34(30,31)27-13-8-23(9-14-27)33-24-10-15-28(20(2)16-24)29-21(3)17-25(32-5)18-22(29)4/h6-18H,1-5H3. The summed E-state index contributed by atoms with van der Waals surface area (Å²) in [6.45, 7) is 8.15. The van der Waals surface area contributed by atoms with Crippen molar-refractivity contribution in [2.45, 2.75) is 37.5 Å². The van der Waals surface area contributed by atoms with Crippen LogP contribution in [0.25, 0.3) is 11.1 Å². The number of ether oxygens (including phenoxy) is 2. The molecule has 0 amide bonds. The average molecular weight is 473 g/mol. The molecular weight excluding hydrogens is 444 g/mol. The Morgan fingerprint density at radius 3 is 1.62 bits per heavy atom. The molecule has 0 saturated carbocycles. The number of aryl methyl sites for hydroxylation is 4. The highest BCUT2D eigenvalue weighted by atomic mass is 32.2. The monoisotopic (exact) mass is 472 g/mol. The molecule has 0 aliphatic heterocycles. The SMILES string of the molecule is COc1cc(C)c(-c2ccc(Oc3ccc(S(=O)(=O)c4ccc(C)cc4)cc3)cc2C)c(C)c1. The second kappa shape index (κ2) is 9.35. The maximum atomic E-state index is 12.9. The summed E-state index contributed by atoms with van der Waals surface area (Å²) in [5.74, 6) is 2.12. The first-order valence-corrected chi connectivity index (χ1v) is 12.5. The van der Waals surface area contributed by atoms with Gasteiger partial charge in [-0.1, -0.05) is 23.8 Å². The van der Waals surface area contributed by atoms with Gasteiger partial charge < -0.3 is 9.47 Å². The zero-order valence-electron chi connectivity index (χ0n) is 20.0. The molecule has 0 aromatic heterocycles. The molecule has 4 rings (SSSR count). The third-order valence-electron chi connectivity index (χ3n) is 5.91. The molecule has 5 heteroatoms. The van der Waals surface area contributed by atoms with E-state index in [4.69, 9.17) is 9.47 Å². The van der Waals surface area contributed by atoms with Crippen LogP contribution in [0.3, 0.4) is 0 Å². The van der Waals surface area contributed by atoms with E-state index in [1.165, 1.54) is 5.56 Å². The second-order valence-electron chi connectivity index (χ2n) is 8.50. The first kappa shape index (κ1) is 23.6. The van der Waals surface area contributed by atoms with Gasteiger partial charge in [-0.25, -0.2) is 8.42 Å². The molecule has 0 atom stereocenters. The first-order valence-electron chi connectivity index (χ1n) is 11.0. The molecule has 34 heavy (non-hydrogen) atoms. The smallest absolute Gasteiger partial charge is 0.206 e. The average Bonchev–Trinajstić information content (AvgIpc) is 2.80. The molecular formula is C29H28O4S. The zero-order chi connectivity index (χ0) is 24.5. The van der Waals surface area contributed by atoms with Gasteiger partial charge in [-0.15, -0.1) is 0 Å². The topological polar surface area (TPSA) is 52.6 Å². The van der Waals surface area contributed by atoms with Crippen molar-refractivity contribution < 1.29 is 17.9 Å². The third kappa shape index (κ3) is 4.70. The summed E-state index contributed by atoms with van der Waals surface area (Å²) in [7, 11) is -1.89. The molecule has 0 spiro atoms. The summed E-state index contributed by atoms with van der Waals surface area (Å²) >= 11 is 0. The molecule has 4 nitrogen and oxygen atoms in total. The molecule has 0 bridgehead atoms. The zero-order valence-corrected chi connectivity index (χ0v) is 20.9. The van der Waals surface area contributed by atoms with Gasteiger partial charge in [-0.3, -0.25) is 0 Å². The predicted octanol–water partition coefficient (Wildman–Crippen LogP) is 7.22. The van der Waals surface area contributed by atoms with E-state index in [-0.39, 0.29) is 9.79 Å². The highest BCUT2D eigenvalue weighted by Gasteiger charge is 2.17. The number of sulfone groups is 1. The van der Waals surface area contributed by atoms with Crippen molar-refractivity contribution in [2.24, 2.45) is 0 Å². The fourth-order valence-electron chi connectivity index (χ4n) is 4.12. The summed E-state index contributed by atoms with van der Waals surface area (Å²) in [6, 6.07) is 23.4. The van der Waals surface area contributed by atoms with Crippen LogP contribution in [-0.4, -0.2) is 15.5 Å². The Bertz CT molecular complexity index is 1410. The second-order valence-corrected chi connectivity index (χ2v) is 10.5. The Balaban J connectivity index is 1.56. The summed E-state index contributed by atoms with van der Waals surface area (Å²) in [5.41, 5.74) is 6.74. The van der Waals surface area contributed by atoms with Crippen LogP contribution >= 0.6 is 0 Å². The van der Waals surface area contributed by atoms with Crippen molar-refractivity contribution in [1.82, 2.24) is 0 Å². The van der Waals surface area contributed by atoms with Gasteiger partial charge in [0.15, 0.2) is 0 Å². The Morgan fingerprint density at radius 2 is 1.09 bits per heavy atom. The van der Waals surface area contributed by atoms with Crippen LogP contribution in [0.4, 0.5) is 0 Å². The molecule has 0 aliphatic rings. The summed E-state index contributed by atoms with van der Waals surface area (Å²) < 4.78 is 37.2. The van der Waals surface area contributed by atoms with Gasteiger partial charge in [0, 0.05) is 0 Å². The van der Waals surface area contributed by atoms with Crippen LogP contribution in [0.15, 0.2) is 88.7 Å². The summed E-state index contributed by atoms with van der Waals surface area (Å²) in [4.78, 5) is 0.516. The first-order chi connectivity index (χ1) is 16.2. The van der Waals surface area contributed by atoms with Crippen molar-refractivity contribution in [3.8, 4) is 28.4 Å². The van der Waals surface area contributed by atoms with Crippen LogP contribution in [0, 0.1) is 27.7 Å². The molecule has 4 aromatic rings. The number of methoxy groups -OCH3 is 1. The normalized spacial score (nSPS) is 11.3. The lowest BCUT2D eigenvalue weighted by molar-refractivity contribution is 0.414. The van der Waals surface area contributed by atoms with Gasteiger partial charge >= 0.3 is 0 Å². The van der Waals surface area contributed by atoms with E-state index in [0.29, 0.717) is 11.5 Å². The highest BCUT2D eigenvalue weighted by Crippen LogP contribution is 2.35. The van der Waals surface area contributed by atoms with E-state index in [0.717, 1.165) is 33.6 Å². The molecule has 0 saturated heterocycles. The van der Waals surface area contributed by atoms with Gasteiger partial charge in [0.25, 0.3) is 0 Å². The van der Waals surface area contributed by atoms with Crippen molar-refractivity contribution in [2.75, 3.05) is 7.11 Å². The van der Waals surface area contributed by atoms with E-state index in [9.17, 15) is 8.42 Å². The molecule has 4 aromatic carbocycles. The van der Waals surface area contributed by atoms with E-state index in [2.05, 4.69) is 26.8 Å². The predicted molar refractivity (Wildman–Crippen MR) is 136 cm³/mol. The van der Waals surface area contributed by atoms with Crippen LogP contribution in [-0.2, 0) is 9.84 Å².